The van der Waals surface area contributed by atoms with Gasteiger partial charge in [-0.3, -0.25) is 4.79 Å². The van der Waals surface area contributed by atoms with Crippen LogP contribution in [-0.2, 0) is 4.79 Å². The zero-order valence-electron chi connectivity index (χ0n) is 12.3. The number of carbonyl (C=O) groups excluding carboxylic acids is 1. The van der Waals surface area contributed by atoms with Crippen molar-refractivity contribution in [2.24, 2.45) is 0 Å². The molecule has 0 aliphatic carbocycles. The van der Waals surface area contributed by atoms with Crippen LogP contribution in [0.3, 0.4) is 0 Å². The first-order valence-corrected chi connectivity index (χ1v) is 7.84. The van der Waals surface area contributed by atoms with Gasteiger partial charge in [-0.15, -0.1) is 0 Å². The van der Waals surface area contributed by atoms with Crippen molar-refractivity contribution in [2.45, 2.75) is 51.1 Å². The summed E-state index contributed by atoms with van der Waals surface area (Å²) in [6.07, 6.45) is 5.26. The molecule has 108 valence electrons. The molecule has 2 fully saturated rings. The number of likely N-dealkylation sites (tertiary alicyclic amines) is 1. The number of nitrogens with zero attached hydrogens (tertiary/aromatic N) is 1. The summed E-state index contributed by atoms with van der Waals surface area (Å²) in [6.45, 7) is 4.14. The van der Waals surface area contributed by atoms with Crippen molar-refractivity contribution < 1.29 is 4.79 Å². The molecule has 1 aromatic carbocycles. The predicted octanol–water partition coefficient (Wildman–Crippen LogP) is 2.80. The Kier molecular flexibility index (Phi) is 4.06. The second-order valence-electron chi connectivity index (χ2n) is 6.10. The van der Waals surface area contributed by atoms with Crippen molar-refractivity contribution in [2.75, 3.05) is 13.1 Å². The Bertz CT molecular complexity index is 480. The third kappa shape index (κ3) is 2.73. The van der Waals surface area contributed by atoms with Crippen molar-refractivity contribution >= 4 is 5.91 Å². The lowest BCUT2D eigenvalue weighted by Crippen LogP contribution is -2.35. The maximum Gasteiger partial charge on any atom is 0.224 e. The molecule has 2 saturated heterocycles. The quantitative estimate of drug-likeness (QED) is 0.917. The van der Waals surface area contributed by atoms with E-state index in [1.165, 1.54) is 17.5 Å². The second-order valence-corrected chi connectivity index (χ2v) is 6.10. The van der Waals surface area contributed by atoms with Gasteiger partial charge >= 0.3 is 0 Å². The molecule has 2 unspecified atom stereocenters. The molecule has 0 aromatic heterocycles. The van der Waals surface area contributed by atoms with Crippen molar-refractivity contribution in [1.82, 2.24) is 10.2 Å². The Morgan fingerprint density at radius 3 is 2.90 bits per heavy atom. The Hall–Kier alpha value is -1.35. The number of benzene rings is 1. The van der Waals surface area contributed by atoms with Crippen LogP contribution < -0.4 is 5.32 Å². The molecule has 2 heterocycles. The fourth-order valence-corrected chi connectivity index (χ4v) is 3.61. The van der Waals surface area contributed by atoms with Gasteiger partial charge in [0.2, 0.25) is 5.91 Å². The summed E-state index contributed by atoms with van der Waals surface area (Å²) in [5.74, 6) is 0.329. The van der Waals surface area contributed by atoms with Gasteiger partial charge in [0.1, 0.15) is 0 Å². The monoisotopic (exact) mass is 272 g/mol. The highest BCUT2D eigenvalue weighted by molar-refractivity contribution is 5.77. The van der Waals surface area contributed by atoms with Gasteiger partial charge in [0.15, 0.2) is 0 Å². The summed E-state index contributed by atoms with van der Waals surface area (Å²) in [4.78, 5) is 14.7. The van der Waals surface area contributed by atoms with E-state index < -0.39 is 0 Å². The summed E-state index contributed by atoms with van der Waals surface area (Å²) >= 11 is 0. The smallest absolute Gasteiger partial charge is 0.224 e. The van der Waals surface area contributed by atoms with E-state index in [-0.39, 0.29) is 0 Å². The minimum atomic E-state index is 0.296. The van der Waals surface area contributed by atoms with E-state index in [0.29, 0.717) is 24.4 Å². The van der Waals surface area contributed by atoms with Crippen molar-refractivity contribution in [1.29, 1.82) is 0 Å². The number of hydrogen-bond donors (Lipinski definition) is 1. The van der Waals surface area contributed by atoms with Gasteiger partial charge < -0.3 is 10.2 Å². The van der Waals surface area contributed by atoms with Crippen molar-refractivity contribution in [3.63, 3.8) is 0 Å². The lowest BCUT2D eigenvalue weighted by molar-refractivity contribution is -0.132. The van der Waals surface area contributed by atoms with Crippen LogP contribution in [0.25, 0.3) is 0 Å². The maximum absolute atomic E-state index is 12.6. The van der Waals surface area contributed by atoms with Crippen LogP contribution in [0.2, 0.25) is 0 Å². The number of nitrogens with one attached hydrogen (secondary N) is 1. The summed E-state index contributed by atoms with van der Waals surface area (Å²) in [5, 5.41) is 3.43. The average molecular weight is 272 g/mol. The van der Waals surface area contributed by atoms with Crippen LogP contribution in [0, 0.1) is 6.92 Å². The van der Waals surface area contributed by atoms with E-state index in [2.05, 4.69) is 41.4 Å². The minimum absolute atomic E-state index is 0.296. The van der Waals surface area contributed by atoms with Crippen LogP contribution in [0.5, 0.6) is 0 Å². The topological polar surface area (TPSA) is 32.3 Å². The molecule has 20 heavy (non-hydrogen) atoms. The van der Waals surface area contributed by atoms with E-state index in [1.807, 2.05) is 0 Å². The predicted molar refractivity (Wildman–Crippen MR) is 80.5 cm³/mol. The molecule has 0 radical (unpaired) electrons. The number of aryl methyl sites for hydroxylation is 1. The molecule has 1 N–H and O–H groups in total. The Labute approximate surface area is 121 Å². The van der Waals surface area contributed by atoms with Crippen LogP contribution >= 0.6 is 0 Å². The zero-order valence-corrected chi connectivity index (χ0v) is 12.3. The Morgan fingerprint density at radius 1 is 1.30 bits per heavy atom. The lowest BCUT2D eigenvalue weighted by atomic mass is 9.99. The van der Waals surface area contributed by atoms with Crippen molar-refractivity contribution in [3.8, 4) is 0 Å². The Balaban J connectivity index is 1.72. The van der Waals surface area contributed by atoms with Gasteiger partial charge in [-0.05, 0) is 50.3 Å². The van der Waals surface area contributed by atoms with Crippen LogP contribution in [0.15, 0.2) is 24.3 Å². The number of amides is 1. The normalized spacial score (nSPS) is 26.1. The highest BCUT2D eigenvalue weighted by atomic mass is 16.2. The first kappa shape index (κ1) is 13.6. The molecule has 3 rings (SSSR count). The van der Waals surface area contributed by atoms with Gasteiger partial charge in [-0.1, -0.05) is 24.3 Å². The largest absolute Gasteiger partial charge is 0.336 e. The van der Waals surface area contributed by atoms with Crippen molar-refractivity contribution in [3.05, 3.63) is 35.4 Å². The fraction of sp³-hybridized carbons (Fsp3) is 0.588. The van der Waals surface area contributed by atoms with Gasteiger partial charge in [0.25, 0.3) is 0 Å². The molecular formula is C17H24N2O. The van der Waals surface area contributed by atoms with Gasteiger partial charge in [-0.25, -0.2) is 0 Å². The summed E-state index contributed by atoms with van der Waals surface area (Å²) < 4.78 is 0. The fourth-order valence-electron chi connectivity index (χ4n) is 3.61. The highest BCUT2D eigenvalue weighted by Gasteiger charge is 2.32. The molecule has 0 saturated carbocycles. The molecule has 1 amide bonds. The second kappa shape index (κ2) is 5.96. The van der Waals surface area contributed by atoms with Gasteiger partial charge in [0, 0.05) is 19.0 Å². The molecule has 2 atom stereocenters. The molecule has 0 spiro atoms. The summed E-state index contributed by atoms with van der Waals surface area (Å²) in [6, 6.07) is 9.18. The van der Waals surface area contributed by atoms with Crippen LogP contribution in [0.4, 0.5) is 0 Å². The first-order chi connectivity index (χ1) is 9.75. The first-order valence-electron chi connectivity index (χ1n) is 7.84. The average Bonchev–Trinajstić information content (AvgIpc) is 3.09. The van der Waals surface area contributed by atoms with E-state index in [1.54, 1.807) is 0 Å². The van der Waals surface area contributed by atoms with Crippen LogP contribution in [0.1, 0.15) is 49.3 Å². The molecule has 3 heteroatoms. The molecule has 1 aromatic rings. The number of carbonyl (C=O) groups is 1. The molecular weight excluding hydrogens is 248 g/mol. The maximum atomic E-state index is 12.6. The third-order valence-corrected chi connectivity index (χ3v) is 4.70. The lowest BCUT2D eigenvalue weighted by Gasteiger charge is -2.27. The van der Waals surface area contributed by atoms with E-state index in [9.17, 15) is 4.79 Å². The standard InChI is InChI=1S/C17H24N2O/c1-13-6-2-3-8-15(13)16-9-5-11-19(16)17(20)12-14-7-4-10-18-14/h2-3,6,8,14,16,18H,4-5,7,9-12H2,1H3. The molecule has 2 aliphatic rings. The summed E-state index contributed by atoms with van der Waals surface area (Å²) in [7, 11) is 0. The van der Waals surface area contributed by atoms with E-state index in [0.717, 1.165) is 32.4 Å². The zero-order chi connectivity index (χ0) is 13.9. The van der Waals surface area contributed by atoms with Gasteiger partial charge in [-0.2, -0.15) is 0 Å². The third-order valence-electron chi connectivity index (χ3n) is 4.70. The molecule has 0 bridgehead atoms. The minimum Gasteiger partial charge on any atom is -0.336 e. The summed E-state index contributed by atoms with van der Waals surface area (Å²) in [5.41, 5.74) is 2.63. The molecule has 2 aliphatic heterocycles. The Morgan fingerprint density at radius 2 is 2.15 bits per heavy atom. The van der Waals surface area contributed by atoms with Crippen LogP contribution in [-0.4, -0.2) is 29.9 Å². The van der Waals surface area contributed by atoms with Gasteiger partial charge in [0.05, 0.1) is 6.04 Å². The highest BCUT2D eigenvalue weighted by Crippen LogP contribution is 2.34. The van der Waals surface area contributed by atoms with E-state index >= 15 is 0 Å². The number of hydrogen-bond acceptors (Lipinski definition) is 2. The molecule has 3 nitrogen and oxygen atoms in total. The number of rotatable bonds is 3. The SMILES string of the molecule is Cc1ccccc1C1CCCN1C(=O)CC1CCCN1. The van der Waals surface area contributed by atoms with E-state index in [4.69, 9.17) is 0 Å².